The number of sulfonamides is 1. The molecule has 1 atom stereocenters. The second kappa shape index (κ2) is 8.51. The van der Waals surface area contributed by atoms with Crippen molar-refractivity contribution in [1.82, 2.24) is 10.0 Å². The summed E-state index contributed by atoms with van der Waals surface area (Å²) in [4.78, 5) is 0.334. The molecule has 0 saturated heterocycles. The van der Waals surface area contributed by atoms with E-state index in [2.05, 4.69) is 37.7 Å². The largest absolute Gasteiger partial charge is 0.310 e. The molecule has 0 amide bonds. The third-order valence-corrected chi connectivity index (χ3v) is 5.36. The molecule has 1 aromatic rings. The lowest BCUT2D eigenvalue weighted by Crippen LogP contribution is -2.29. The van der Waals surface area contributed by atoms with E-state index in [9.17, 15) is 8.42 Å². The summed E-state index contributed by atoms with van der Waals surface area (Å²) in [5.41, 5.74) is 1.09. The van der Waals surface area contributed by atoms with Gasteiger partial charge >= 0.3 is 0 Å². The molecule has 2 N–H and O–H groups in total. The number of nitrogens with one attached hydrogen (secondary N) is 2. The third kappa shape index (κ3) is 5.41. The van der Waals surface area contributed by atoms with E-state index in [1.54, 1.807) is 12.1 Å². The monoisotopic (exact) mass is 312 g/mol. The number of benzene rings is 1. The molecule has 0 aromatic heterocycles. The Balaban J connectivity index is 2.75. The predicted molar refractivity (Wildman–Crippen MR) is 87.8 cm³/mol. The fourth-order valence-corrected chi connectivity index (χ4v) is 3.36. The summed E-state index contributed by atoms with van der Waals surface area (Å²) < 4.78 is 27.2. The standard InChI is InChI=1S/C16H28N2O2S/c1-5-14(6-2)12-18-21(19,20)16-10-8-15(9-11-16)13(4)17-7-3/h8-11,13-14,17-18H,5-7,12H2,1-4H3. The molecule has 5 heteroatoms. The second-order valence-electron chi connectivity index (χ2n) is 5.38. The molecule has 120 valence electrons. The van der Waals surface area contributed by atoms with Gasteiger partial charge in [-0.1, -0.05) is 45.7 Å². The van der Waals surface area contributed by atoms with Crippen molar-refractivity contribution in [2.45, 2.75) is 51.5 Å². The molecule has 0 heterocycles. The van der Waals surface area contributed by atoms with E-state index in [0.717, 1.165) is 24.9 Å². The highest BCUT2D eigenvalue weighted by Gasteiger charge is 2.16. The van der Waals surface area contributed by atoms with Gasteiger partial charge in [0, 0.05) is 12.6 Å². The zero-order valence-electron chi connectivity index (χ0n) is 13.5. The maximum atomic E-state index is 12.2. The highest BCUT2D eigenvalue weighted by molar-refractivity contribution is 7.89. The second-order valence-corrected chi connectivity index (χ2v) is 7.15. The van der Waals surface area contributed by atoms with E-state index in [1.807, 2.05) is 12.1 Å². The van der Waals surface area contributed by atoms with E-state index in [1.165, 1.54) is 0 Å². The fraction of sp³-hybridized carbons (Fsp3) is 0.625. The van der Waals surface area contributed by atoms with Crippen LogP contribution in [0.1, 0.15) is 52.1 Å². The lowest BCUT2D eigenvalue weighted by atomic mass is 10.0. The van der Waals surface area contributed by atoms with Crippen molar-refractivity contribution in [2.24, 2.45) is 5.92 Å². The molecule has 0 aliphatic heterocycles. The normalized spacial score (nSPS) is 13.6. The van der Waals surface area contributed by atoms with Gasteiger partial charge in [0.2, 0.25) is 10.0 Å². The van der Waals surface area contributed by atoms with E-state index < -0.39 is 10.0 Å². The van der Waals surface area contributed by atoms with Crippen molar-refractivity contribution in [3.63, 3.8) is 0 Å². The molecular weight excluding hydrogens is 284 g/mol. The Kier molecular flexibility index (Phi) is 7.35. The van der Waals surface area contributed by atoms with Crippen molar-refractivity contribution >= 4 is 10.0 Å². The molecule has 0 saturated carbocycles. The van der Waals surface area contributed by atoms with Gasteiger partial charge in [-0.2, -0.15) is 0 Å². The van der Waals surface area contributed by atoms with Crippen LogP contribution in [0, 0.1) is 5.92 Å². The van der Waals surface area contributed by atoms with E-state index >= 15 is 0 Å². The van der Waals surface area contributed by atoms with Crippen LogP contribution in [0.15, 0.2) is 29.2 Å². The molecule has 0 aliphatic carbocycles. The molecule has 0 aliphatic rings. The first-order valence-corrected chi connectivity index (χ1v) is 9.25. The molecule has 1 rings (SSSR count). The first kappa shape index (κ1) is 18.1. The number of hydrogen-bond donors (Lipinski definition) is 2. The van der Waals surface area contributed by atoms with Gasteiger partial charge in [0.1, 0.15) is 0 Å². The third-order valence-electron chi connectivity index (χ3n) is 3.92. The lowest BCUT2D eigenvalue weighted by Gasteiger charge is -2.15. The number of rotatable bonds is 9. The highest BCUT2D eigenvalue weighted by atomic mass is 32.2. The summed E-state index contributed by atoms with van der Waals surface area (Å²) in [5, 5.41) is 3.31. The van der Waals surface area contributed by atoms with E-state index in [0.29, 0.717) is 17.4 Å². The molecule has 0 spiro atoms. The van der Waals surface area contributed by atoms with Crippen molar-refractivity contribution in [1.29, 1.82) is 0 Å². The molecule has 4 nitrogen and oxygen atoms in total. The molecular formula is C16H28N2O2S. The van der Waals surface area contributed by atoms with Gasteiger partial charge in [-0.3, -0.25) is 0 Å². The van der Waals surface area contributed by atoms with Gasteiger partial charge in [0.05, 0.1) is 4.90 Å². The molecule has 1 unspecified atom stereocenters. The Morgan fingerprint density at radius 2 is 1.62 bits per heavy atom. The van der Waals surface area contributed by atoms with Gasteiger partial charge in [-0.25, -0.2) is 13.1 Å². The van der Waals surface area contributed by atoms with Crippen LogP contribution in [0.25, 0.3) is 0 Å². The van der Waals surface area contributed by atoms with Crippen LogP contribution < -0.4 is 10.0 Å². The van der Waals surface area contributed by atoms with Crippen LogP contribution in [0.3, 0.4) is 0 Å². The molecule has 1 aromatic carbocycles. The average Bonchev–Trinajstić information content (AvgIpc) is 2.48. The first-order chi connectivity index (χ1) is 9.94. The van der Waals surface area contributed by atoms with E-state index in [4.69, 9.17) is 0 Å². The zero-order chi connectivity index (χ0) is 15.9. The first-order valence-electron chi connectivity index (χ1n) is 7.77. The van der Waals surface area contributed by atoms with Crippen LogP contribution in [0.4, 0.5) is 0 Å². The summed E-state index contributed by atoms with van der Waals surface area (Å²) in [6, 6.07) is 7.33. The number of hydrogen-bond acceptors (Lipinski definition) is 3. The van der Waals surface area contributed by atoms with Gasteiger partial charge in [-0.05, 0) is 37.1 Å². The fourth-order valence-electron chi connectivity index (χ4n) is 2.25. The van der Waals surface area contributed by atoms with Crippen LogP contribution in [0.5, 0.6) is 0 Å². The maximum Gasteiger partial charge on any atom is 0.240 e. The SMILES string of the molecule is CCNC(C)c1ccc(S(=O)(=O)NCC(CC)CC)cc1. The summed E-state index contributed by atoms with van der Waals surface area (Å²) in [6.45, 7) is 9.68. The van der Waals surface area contributed by atoms with Crippen LogP contribution in [-0.4, -0.2) is 21.5 Å². The molecule has 0 bridgehead atoms. The van der Waals surface area contributed by atoms with Gasteiger partial charge in [0.15, 0.2) is 0 Å². The van der Waals surface area contributed by atoms with Gasteiger partial charge in [-0.15, -0.1) is 0 Å². The molecule has 0 fully saturated rings. The van der Waals surface area contributed by atoms with E-state index in [-0.39, 0.29) is 6.04 Å². The van der Waals surface area contributed by atoms with Gasteiger partial charge < -0.3 is 5.32 Å². The summed E-state index contributed by atoms with van der Waals surface area (Å²) in [6.07, 6.45) is 1.97. The quantitative estimate of drug-likeness (QED) is 0.737. The Morgan fingerprint density at radius 1 is 1.05 bits per heavy atom. The van der Waals surface area contributed by atoms with Crippen LogP contribution >= 0.6 is 0 Å². The zero-order valence-corrected chi connectivity index (χ0v) is 14.3. The Morgan fingerprint density at radius 3 is 2.10 bits per heavy atom. The molecule has 0 radical (unpaired) electrons. The van der Waals surface area contributed by atoms with Crippen LogP contribution in [0.2, 0.25) is 0 Å². The summed E-state index contributed by atoms with van der Waals surface area (Å²) in [5.74, 6) is 0.396. The Labute approximate surface area is 129 Å². The summed E-state index contributed by atoms with van der Waals surface area (Å²) >= 11 is 0. The average molecular weight is 312 g/mol. The predicted octanol–water partition coefficient (Wildman–Crippen LogP) is 3.07. The van der Waals surface area contributed by atoms with Gasteiger partial charge in [0.25, 0.3) is 0 Å². The highest BCUT2D eigenvalue weighted by Crippen LogP contribution is 2.16. The smallest absolute Gasteiger partial charge is 0.240 e. The van der Waals surface area contributed by atoms with Crippen molar-refractivity contribution < 1.29 is 8.42 Å². The van der Waals surface area contributed by atoms with Crippen molar-refractivity contribution in [2.75, 3.05) is 13.1 Å². The minimum atomic E-state index is -3.40. The summed E-state index contributed by atoms with van der Waals surface area (Å²) in [7, 11) is -3.40. The Hall–Kier alpha value is -0.910. The molecule has 21 heavy (non-hydrogen) atoms. The topological polar surface area (TPSA) is 58.2 Å². The minimum absolute atomic E-state index is 0.226. The Bertz CT molecular complexity index is 508. The van der Waals surface area contributed by atoms with Crippen molar-refractivity contribution in [3.8, 4) is 0 Å². The van der Waals surface area contributed by atoms with Crippen molar-refractivity contribution in [3.05, 3.63) is 29.8 Å². The minimum Gasteiger partial charge on any atom is -0.310 e. The maximum absolute atomic E-state index is 12.2. The van der Waals surface area contributed by atoms with Crippen LogP contribution in [-0.2, 0) is 10.0 Å². The lowest BCUT2D eigenvalue weighted by molar-refractivity contribution is 0.479.